The summed E-state index contributed by atoms with van der Waals surface area (Å²) >= 11 is 0. The number of aliphatic imine (C=N–C) groups is 1. The number of phenolic OH excluding ortho intramolecular Hbond substituents is 1. The molecule has 130 valence electrons. The summed E-state index contributed by atoms with van der Waals surface area (Å²) in [7, 11) is 3.23. The Balaban J connectivity index is 2.61. The van der Waals surface area contributed by atoms with Crippen LogP contribution in [-0.2, 0) is 11.2 Å². The van der Waals surface area contributed by atoms with Gasteiger partial charge < -0.3 is 25.2 Å². The minimum absolute atomic E-state index is 0.194. The molecule has 6 nitrogen and oxygen atoms in total. The number of phenols is 1. The van der Waals surface area contributed by atoms with Crippen LogP contribution in [0, 0.1) is 0 Å². The van der Waals surface area contributed by atoms with Crippen LogP contribution >= 0.6 is 0 Å². The topological polar surface area (TPSA) is 75.1 Å². The van der Waals surface area contributed by atoms with Gasteiger partial charge in [-0.05, 0) is 38.8 Å². The third-order valence-electron chi connectivity index (χ3n) is 3.50. The Labute approximate surface area is 138 Å². The number of para-hydroxylation sites is 1. The van der Waals surface area contributed by atoms with Crippen LogP contribution in [0.3, 0.4) is 0 Å². The van der Waals surface area contributed by atoms with Crippen molar-refractivity contribution < 1.29 is 14.6 Å². The Morgan fingerprint density at radius 1 is 1.26 bits per heavy atom. The van der Waals surface area contributed by atoms with Gasteiger partial charge in [-0.2, -0.15) is 0 Å². The summed E-state index contributed by atoms with van der Waals surface area (Å²) < 4.78 is 10.5. The first-order valence-electron chi connectivity index (χ1n) is 7.85. The van der Waals surface area contributed by atoms with Crippen molar-refractivity contribution in [1.29, 1.82) is 0 Å². The first kappa shape index (κ1) is 19.1. The third kappa shape index (κ3) is 6.36. The molecule has 0 aliphatic heterocycles. The molecule has 0 fully saturated rings. The van der Waals surface area contributed by atoms with Crippen LogP contribution in [0.2, 0.25) is 0 Å². The van der Waals surface area contributed by atoms with E-state index < -0.39 is 0 Å². The Kier molecular flexibility index (Phi) is 7.68. The molecule has 0 amide bonds. The number of hydrogen-bond acceptors (Lipinski definition) is 4. The molecule has 0 atom stereocenters. The summed E-state index contributed by atoms with van der Waals surface area (Å²) in [4.78, 5) is 4.53. The monoisotopic (exact) mass is 323 g/mol. The second-order valence-electron chi connectivity index (χ2n) is 5.80. The fourth-order valence-corrected chi connectivity index (χ4v) is 1.93. The van der Waals surface area contributed by atoms with E-state index in [1.54, 1.807) is 20.3 Å². The number of nitrogens with zero attached hydrogens (tertiary/aromatic N) is 1. The van der Waals surface area contributed by atoms with Gasteiger partial charge in [0.15, 0.2) is 17.5 Å². The van der Waals surface area contributed by atoms with Crippen molar-refractivity contribution in [1.82, 2.24) is 10.6 Å². The number of rotatable bonds is 8. The molecule has 0 unspecified atom stereocenters. The average molecular weight is 323 g/mol. The van der Waals surface area contributed by atoms with Gasteiger partial charge in [0.25, 0.3) is 0 Å². The highest BCUT2D eigenvalue weighted by molar-refractivity contribution is 5.79. The first-order valence-corrected chi connectivity index (χ1v) is 7.85. The minimum Gasteiger partial charge on any atom is -0.504 e. The molecule has 0 spiro atoms. The van der Waals surface area contributed by atoms with Crippen molar-refractivity contribution in [3.63, 3.8) is 0 Å². The molecule has 1 aromatic carbocycles. The Morgan fingerprint density at radius 2 is 2.00 bits per heavy atom. The van der Waals surface area contributed by atoms with Crippen LogP contribution < -0.4 is 15.4 Å². The van der Waals surface area contributed by atoms with Crippen LogP contribution in [0.5, 0.6) is 11.5 Å². The molecule has 1 rings (SSSR count). The number of methoxy groups -OCH3 is 2. The maximum absolute atomic E-state index is 10.1. The maximum atomic E-state index is 10.1. The van der Waals surface area contributed by atoms with E-state index in [9.17, 15) is 5.11 Å². The number of hydrogen-bond donors (Lipinski definition) is 3. The average Bonchev–Trinajstić information content (AvgIpc) is 2.54. The smallest absolute Gasteiger partial charge is 0.191 e. The van der Waals surface area contributed by atoms with Gasteiger partial charge in [0.05, 0.1) is 19.3 Å². The van der Waals surface area contributed by atoms with Gasteiger partial charge in [0, 0.05) is 20.2 Å². The van der Waals surface area contributed by atoms with Gasteiger partial charge in [-0.25, -0.2) is 0 Å². The number of guanidine groups is 1. The van der Waals surface area contributed by atoms with Gasteiger partial charge in [-0.1, -0.05) is 12.1 Å². The Hall–Kier alpha value is -1.95. The fraction of sp³-hybridized carbons (Fsp3) is 0.588. The van der Waals surface area contributed by atoms with E-state index in [2.05, 4.69) is 15.6 Å². The van der Waals surface area contributed by atoms with Crippen molar-refractivity contribution in [3.05, 3.63) is 23.8 Å². The SMILES string of the molecule is CCNC(=NCC(C)(C)OC)NCCc1cccc(OC)c1O. The fourth-order valence-electron chi connectivity index (χ4n) is 1.93. The number of benzene rings is 1. The van der Waals surface area contributed by atoms with Gasteiger partial charge >= 0.3 is 0 Å². The zero-order valence-corrected chi connectivity index (χ0v) is 14.8. The summed E-state index contributed by atoms with van der Waals surface area (Å²) in [5, 5.41) is 16.5. The molecule has 0 aromatic heterocycles. The van der Waals surface area contributed by atoms with Gasteiger partial charge in [-0.15, -0.1) is 0 Å². The highest BCUT2D eigenvalue weighted by atomic mass is 16.5. The van der Waals surface area contributed by atoms with Crippen LogP contribution in [0.1, 0.15) is 26.3 Å². The normalized spacial score (nSPS) is 12.1. The van der Waals surface area contributed by atoms with Crippen molar-refractivity contribution in [2.24, 2.45) is 4.99 Å². The molecular formula is C17H29N3O3. The largest absolute Gasteiger partial charge is 0.504 e. The molecular weight excluding hydrogens is 294 g/mol. The van der Waals surface area contributed by atoms with Gasteiger partial charge in [0.1, 0.15) is 0 Å². The minimum atomic E-state index is -0.298. The van der Waals surface area contributed by atoms with E-state index in [0.29, 0.717) is 25.3 Å². The predicted octanol–water partition coefficient (Wildman–Crippen LogP) is 1.92. The summed E-state index contributed by atoms with van der Waals surface area (Å²) in [6, 6.07) is 5.50. The van der Waals surface area contributed by atoms with Gasteiger partial charge in [-0.3, -0.25) is 4.99 Å². The lowest BCUT2D eigenvalue weighted by Gasteiger charge is -2.21. The molecule has 0 radical (unpaired) electrons. The van der Waals surface area contributed by atoms with E-state index in [1.165, 1.54) is 0 Å². The van der Waals surface area contributed by atoms with Crippen molar-refractivity contribution in [2.75, 3.05) is 33.9 Å². The van der Waals surface area contributed by atoms with Crippen LogP contribution in [0.25, 0.3) is 0 Å². The summed E-state index contributed by atoms with van der Waals surface area (Å²) in [6.07, 6.45) is 0.668. The molecule has 0 aliphatic rings. The van der Waals surface area contributed by atoms with E-state index in [-0.39, 0.29) is 11.4 Å². The lowest BCUT2D eigenvalue weighted by molar-refractivity contribution is 0.0310. The van der Waals surface area contributed by atoms with E-state index in [1.807, 2.05) is 32.9 Å². The number of nitrogens with one attached hydrogen (secondary N) is 2. The van der Waals surface area contributed by atoms with Crippen molar-refractivity contribution in [3.8, 4) is 11.5 Å². The lowest BCUT2D eigenvalue weighted by Crippen LogP contribution is -2.40. The van der Waals surface area contributed by atoms with Crippen LogP contribution in [0.4, 0.5) is 0 Å². The van der Waals surface area contributed by atoms with Crippen molar-refractivity contribution >= 4 is 5.96 Å². The van der Waals surface area contributed by atoms with Crippen molar-refractivity contribution in [2.45, 2.75) is 32.8 Å². The van der Waals surface area contributed by atoms with E-state index in [0.717, 1.165) is 18.1 Å². The second-order valence-corrected chi connectivity index (χ2v) is 5.80. The predicted molar refractivity (Wildman–Crippen MR) is 93.4 cm³/mol. The quantitative estimate of drug-likeness (QED) is 0.503. The number of ether oxygens (including phenoxy) is 2. The van der Waals surface area contributed by atoms with E-state index in [4.69, 9.17) is 9.47 Å². The lowest BCUT2D eigenvalue weighted by atomic mass is 10.1. The molecule has 1 aromatic rings. The summed E-state index contributed by atoms with van der Waals surface area (Å²) in [5.74, 6) is 1.42. The van der Waals surface area contributed by atoms with Gasteiger partial charge in [0.2, 0.25) is 0 Å². The zero-order chi connectivity index (χ0) is 17.3. The molecule has 6 heteroatoms. The van der Waals surface area contributed by atoms with Crippen LogP contribution in [0.15, 0.2) is 23.2 Å². The first-order chi connectivity index (χ1) is 10.9. The number of aromatic hydroxyl groups is 1. The molecule has 0 saturated carbocycles. The Morgan fingerprint density at radius 3 is 2.61 bits per heavy atom. The molecule has 0 aliphatic carbocycles. The molecule has 0 heterocycles. The standard InChI is InChI=1S/C17H29N3O3/c1-6-18-16(20-12-17(2,3)23-5)19-11-10-13-8-7-9-14(22-4)15(13)21/h7-9,21H,6,10-12H2,1-5H3,(H2,18,19,20). The summed E-state index contributed by atoms with van der Waals surface area (Å²) in [5.41, 5.74) is 0.540. The molecule has 23 heavy (non-hydrogen) atoms. The summed E-state index contributed by atoms with van der Waals surface area (Å²) in [6.45, 7) is 8.00. The molecule has 0 saturated heterocycles. The molecule has 0 bridgehead atoms. The second kappa shape index (κ2) is 9.25. The third-order valence-corrected chi connectivity index (χ3v) is 3.50. The maximum Gasteiger partial charge on any atom is 0.191 e. The van der Waals surface area contributed by atoms with E-state index >= 15 is 0 Å². The zero-order valence-electron chi connectivity index (χ0n) is 14.8. The molecule has 3 N–H and O–H groups in total. The van der Waals surface area contributed by atoms with Crippen LogP contribution in [-0.4, -0.2) is 50.5 Å². The highest BCUT2D eigenvalue weighted by Gasteiger charge is 2.15. The highest BCUT2D eigenvalue weighted by Crippen LogP contribution is 2.29. The Bertz CT molecular complexity index is 516.